The summed E-state index contributed by atoms with van der Waals surface area (Å²) in [6.45, 7) is 0. The molecule has 0 aliphatic carbocycles. The predicted octanol–water partition coefficient (Wildman–Crippen LogP) is 4.71. The maximum Gasteiger partial charge on any atom is 0.298 e. The van der Waals surface area contributed by atoms with Crippen LogP contribution in [0, 0.1) is 21.7 Å². The Morgan fingerprint density at radius 2 is 1.95 bits per heavy atom. The number of hydrogen-bond acceptors (Lipinski definition) is 4. The molecule has 0 aliphatic rings. The van der Waals surface area contributed by atoms with Crippen molar-refractivity contribution in [2.45, 2.75) is 0 Å². The molecule has 2 aromatic rings. The van der Waals surface area contributed by atoms with Crippen molar-refractivity contribution in [2.24, 2.45) is 0 Å². The first kappa shape index (κ1) is 16.0. The first-order valence-corrected chi connectivity index (χ1v) is 7.59. The summed E-state index contributed by atoms with van der Waals surface area (Å²) in [6, 6.07) is 2.47. The van der Waals surface area contributed by atoms with Crippen LogP contribution in [0.4, 0.5) is 20.2 Å². The molecule has 10 heteroatoms. The van der Waals surface area contributed by atoms with Gasteiger partial charge < -0.3 is 5.32 Å². The molecule has 1 aromatic heterocycles. The highest BCUT2D eigenvalue weighted by Crippen LogP contribution is 2.34. The van der Waals surface area contributed by atoms with Crippen LogP contribution in [0.5, 0.6) is 0 Å². The van der Waals surface area contributed by atoms with Gasteiger partial charge in [0, 0.05) is 10.5 Å². The number of nitro benzene ring substituents is 1. The van der Waals surface area contributed by atoms with Gasteiger partial charge in [0.25, 0.3) is 11.6 Å². The molecular weight excluding hydrogens is 438 g/mol. The van der Waals surface area contributed by atoms with Crippen LogP contribution in [-0.4, -0.2) is 10.8 Å². The summed E-state index contributed by atoms with van der Waals surface area (Å²) in [5.74, 6) is -3.05. The Kier molecular flexibility index (Phi) is 4.69. The normalized spacial score (nSPS) is 10.5. The Morgan fingerprint density at radius 3 is 2.48 bits per heavy atom. The van der Waals surface area contributed by atoms with Crippen LogP contribution in [0.1, 0.15) is 9.67 Å². The number of nitro groups is 1. The van der Waals surface area contributed by atoms with Gasteiger partial charge in [0.1, 0.15) is 5.82 Å². The minimum Gasteiger partial charge on any atom is -0.313 e. The first-order chi connectivity index (χ1) is 9.79. The number of nitrogens with zero attached hydrogens (tertiary/aromatic N) is 1. The van der Waals surface area contributed by atoms with E-state index in [0.29, 0.717) is 20.4 Å². The molecule has 0 radical (unpaired) electrons. The first-order valence-electron chi connectivity index (χ1n) is 5.19. The molecule has 0 saturated carbocycles. The highest BCUT2D eigenvalue weighted by molar-refractivity contribution is 9.13. The molecule has 1 aromatic carbocycles. The third kappa shape index (κ3) is 3.44. The number of carbonyl (C=O) groups is 1. The molecule has 110 valence electrons. The number of anilines is 1. The number of thiophene rings is 1. The molecule has 1 heterocycles. The second-order valence-electron chi connectivity index (χ2n) is 3.73. The fraction of sp³-hybridized carbons (Fsp3) is 0. The van der Waals surface area contributed by atoms with Crippen molar-refractivity contribution in [3.63, 3.8) is 0 Å². The maximum absolute atomic E-state index is 13.7. The van der Waals surface area contributed by atoms with Crippen LogP contribution in [0.3, 0.4) is 0 Å². The highest BCUT2D eigenvalue weighted by atomic mass is 79.9. The topological polar surface area (TPSA) is 72.2 Å². The quantitative estimate of drug-likeness (QED) is 0.553. The second-order valence-corrected chi connectivity index (χ2v) is 6.95. The third-order valence-corrected chi connectivity index (χ3v) is 5.59. The fourth-order valence-electron chi connectivity index (χ4n) is 1.46. The van der Waals surface area contributed by atoms with Gasteiger partial charge in [0.15, 0.2) is 11.5 Å². The van der Waals surface area contributed by atoms with Gasteiger partial charge in [-0.25, -0.2) is 8.78 Å². The minimum atomic E-state index is -1.22. The standard InChI is InChI=1S/C11H4Br2F2N2O3S/c12-5-3-8(21-10(5)13)11(18)16-9-6(15)1-4(14)2-7(9)17(19)20/h1-3H,(H,16,18). The summed E-state index contributed by atoms with van der Waals surface area (Å²) >= 11 is 7.43. The van der Waals surface area contributed by atoms with Gasteiger partial charge in [-0.3, -0.25) is 14.9 Å². The van der Waals surface area contributed by atoms with Gasteiger partial charge in [-0.15, -0.1) is 11.3 Å². The van der Waals surface area contributed by atoms with E-state index in [1.165, 1.54) is 6.07 Å². The van der Waals surface area contributed by atoms with Crippen LogP contribution >= 0.6 is 43.2 Å². The lowest BCUT2D eigenvalue weighted by Gasteiger charge is -2.06. The largest absolute Gasteiger partial charge is 0.313 e. The summed E-state index contributed by atoms with van der Waals surface area (Å²) < 4.78 is 27.9. The van der Waals surface area contributed by atoms with Crippen molar-refractivity contribution in [1.29, 1.82) is 0 Å². The van der Waals surface area contributed by atoms with Gasteiger partial charge >= 0.3 is 0 Å². The Hall–Kier alpha value is -1.39. The second kappa shape index (κ2) is 6.16. The average molecular weight is 442 g/mol. The molecule has 0 aliphatic heterocycles. The number of halogens is 4. The lowest BCUT2D eigenvalue weighted by molar-refractivity contribution is -0.384. The molecule has 0 fully saturated rings. The Labute approximate surface area is 137 Å². The Balaban J connectivity index is 2.39. The smallest absolute Gasteiger partial charge is 0.298 e. The summed E-state index contributed by atoms with van der Waals surface area (Å²) in [7, 11) is 0. The predicted molar refractivity (Wildman–Crippen MR) is 80.7 cm³/mol. The number of benzene rings is 1. The lowest BCUT2D eigenvalue weighted by atomic mass is 10.2. The molecular formula is C11H4Br2F2N2O3S. The van der Waals surface area contributed by atoms with Crippen molar-refractivity contribution in [3.05, 3.63) is 53.1 Å². The Bertz CT molecular complexity index is 732. The SMILES string of the molecule is O=C(Nc1c(F)cc(F)cc1[N+](=O)[O-])c1cc(Br)c(Br)s1. The maximum atomic E-state index is 13.7. The van der Waals surface area contributed by atoms with E-state index in [1.807, 2.05) is 0 Å². The van der Waals surface area contributed by atoms with Crippen LogP contribution in [0.15, 0.2) is 26.5 Å². The molecule has 2 rings (SSSR count). The zero-order valence-electron chi connectivity index (χ0n) is 9.82. The van der Waals surface area contributed by atoms with Crippen molar-refractivity contribution < 1.29 is 18.5 Å². The van der Waals surface area contributed by atoms with E-state index in [-0.39, 0.29) is 4.88 Å². The van der Waals surface area contributed by atoms with Gasteiger partial charge in [0.2, 0.25) is 0 Å². The summed E-state index contributed by atoms with van der Waals surface area (Å²) in [5, 5.41) is 12.9. The van der Waals surface area contributed by atoms with E-state index in [4.69, 9.17) is 0 Å². The van der Waals surface area contributed by atoms with Crippen molar-refractivity contribution in [2.75, 3.05) is 5.32 Å². The molecule has 1 amide bonds. The van der Waals surface area contributed by atoms with E-state index in [2.05, 4.69) is 37.2 Å². The van der Waals surface area contributed by atoms with Crippen LogP contribution in [-0.2, 0) is 0 Å². The minimum absolute atomic E-state index is 0.201. The molecule has 0 spiro atoms. The molecule has 1 N–H and O–H groups in total. The van der Waals surface area contributed by atoms with Crippen molar-refractivity contribution in [3.8, 4) is 0 Å². The summed E-state index contributed by atoms with van der Waals surface area (Å²) in [6.07, 6.45) is 0. The zero-order chi connectivity index (χ0) is 15.7. The monoisotopic (exact) mass is 440 g/mol. The molecule has 0 unspecified atom stereocenters. The van der Waals surface area contributed by atoms with Gasteiger partial charge in [-0.2, -0.15) is 0 Å². The van der Waals surface area contributed by atoms with Crippen LogP contribution < -0.4 is 5.32 Å². The molecule has 0 atom stereocenters. The van der Waals surface area contributed by atoms with Gasteiger partial charge in [-0.1, -0.05) is 0 Å². The van der Waals surface area contributed by atoms with Crippen molar-refractivity contribution >= 4 is 60.5 Å². The number of amides is 1. The Morgan fingerprint density at radius 1 is 1.29 bits per heavy atom. The van der Waals surface area contributed by atoms with Crippen LogP contribution in [0.25, 0.3) is 0 Å². The lowest BCUT2D eigenvalue weighted by Crippen LogP contribution is -2.13. The summed E-state index contributed by atoms with van der Waals surface area (Å²) in [4.78, 5) is 22.0. The number of hydrogen-bond donors (Lipinski definition) is 1. The molecule has 0 saturated heterocycles. The molecule has 5 nitrogen and oxygen atoms in total. The van der Waals surface area contributed by atoms with E-state index in [9.17, 15) is 23.7 Å². The van der Waals surface area contributed by atoms with E-state index < -0.39 is 33.8 Å². The van der Waals surface area contributed by atoms with E-state index >= 15 is 0 Å². The summed E-state index contributed by atoms with van der Waals surface area (Å²) in [5.41, 5.74) is -1.53. The highest BCUT2D eigenvalue weighted by Gasteiger charge is 2.23. The number of carbonyl (C=O) groups excluding carboxylic acids is 1. The van der Waals surface area contributed by atoms with E-state index in [1.54, 1.807) is 0 Å². The molecule has 0 bridgehead atoms. The van der Waals surface area contributed by atoms with Crippen LogP contribution in [0.2, 0.25) is 0 Å². The van der Waals surface area contributed by atoms with Gasteiger partial charge in [-0.05, 0) is 37.9 Å². The fourth-order valence-corrected chi connectivity index (χ4v) is 3.39. The zero-order valence-corrected chi connectivity index (χ0v) is 13.8. The molecule has 21 heavy (non-hydrogen) atoms. The van der Waals surface area contributed by atoms with E-state index in [0.717, 1.165) is 11.3 Å². The number of rotatable bonds is 3. The average Bonchev–Trinajstić information content (AvgIpc) is 2.72. The number of nitrogens with one attached hydrogen (secondary N) is 1. The van der Waals surface area contributed by atoms with Crippen molar-refractivity contribution in [1.82, 2.24) is 0 Å². The third-order valence-electron chi connectivity index (χ3n) is 2.34. The van der Waals surface area contributed by atoms with Gasteiger partial charge in [0.05, 0.1) is 19.7 Å².